The Balaban J connectivity index is 2.12. The normalized spacial score (nSPS) is 10.3. The summed E-state index contributed by atoms with van der Waals surface area (Å²) in [6.45, 7) is 3.77. The Kier molecular flexibility index (Phi) is 5.53. The predicted molar refractivity (Wildman–Crippen MR) is 82.5 cm³/mol. The third-order valence-electron chi connectivity index (χ3n) is 3.30. The van der Waals surface area contributed by atoms with E-state index in [1.165, 1.54) is 17.7 Å². The third kappa shape index (κ3) is 4.07. The van der Waals surface area contributed by atoms with Gasteiger partial charge >= 0.3 is 5.97 Å². The Hall–Kier alpha value is -2.36. The van der Waals surface area contributed by atoms with Gasteiger partial charge in [-0.2, -0.15) is 0 Å². The molecule has 4 heteroatoms. The maximum Gasteiger partial charge on any atom is 0.310 e. The fourth-order valence-corrected chi connectivity index (χ4v) is 1.95. The van der Waals surface area contributed by atoms with Crippen molar-refractivity contribution in [1.29, 1.82) is 0 Å². The first-order valence-corrected chi connectivity index (χ1v) is 7.33. The second-order valence-corrected chi connectivity index (χ2v) is 4.83. The minimum Gasteiger partial charge on any atom is -0.489 e. The molecule has 116 valence electrons. The lowest BCUT2D eigenvalue weighted by atomic mass is 10.1. The van der Waals surface area contributed by atoms with E-state index in [9.17, 15) is 9.18 Å². The Morgan fingerprint density at radius 2 is 1.82 bits per heavy atom. The van der Waals surface area contributed by atoms with Crippen LogP contribution in [0.15, 0.2) is 42.5 Å². The van der Waals surface area contributed by atoms with Crippen molar-refractivity contribution in [2.24, 2.45) is 0 Å². The zero-order valence-corrected chi connectivity index (χ0v) is 12.8. The van der Waals surface area contributed by atoms with E-state index in [1.54, 1.807) is 13.0 Å². The molecule has 0 amide bonds. The van der Waals surface area contributed by atoms with Crippen LogP contribution in [0, 0.1) is 5.82 Å². The number of carbonyl (C=O) groups is 1. The fraction of sp³-hybridized carbons (Fsp3) is 0.278. The average molecular weight is 302 g/mol. The van der Waals surface area contributed by atoms with Gasteiger partial charge in [0.2, 0.25) is 0 Å². The first-order valence-electron chi connectivity index (χ1n) is 7.33. The van der Waals surface area contributed by atoms with Crippen molar-refractivity contribution >= 4 is 5.97 Å². The molecule has 0 N–H and O–H groups in total. The number of hydrogen-bond acceptors (Lipinski definition) is 3. The number of ether oxygens (including phenoxy) is 2. The molecule has 0 aromatic heterocycles. The van der Waals surface area contributed by atoms with Gasteiger partial charge in [0.1, 0.15) is 23.9 Å². The van der Waals surface area contributed by atoms with Crippen LogP contribution < -0.4 is 9.47 Å². The molecule has 0 fully saturated rings. The lowest BCUT2D eigenvalue weighted by Crippen LogP contribution is -2.09. The van der Waals surface area contributed by atoms with Crippen LogP contribution in [0.1, 0.15) is 31.4 Å². The van der Waals surface area contributed by atoms with E-state index in [1.807, 2.05) is 24.3 Å². The Labute approximate surface area is 129 Å². The molecule has 0 saturated heterocycles. The zero-order valence-electron chi connectivity index (χ0n) is 12.8. The SMILES string of the molecule is CCC(=O)Oc1cccc(F)c1COc1ccc(CC)cc1. The quantitative estimate of drug-likeness (QED) is 0.590. The van der Waals surface area contributed by atoms with E-state index in [4.69, 9.17) is 9.47 Å². The first-order chi connectivity index (χ1) is 10.6. The van der Waals surface area contributed by atoms with Crippen LogP contribution in [0.3, 0.4) is 0 Å². The number of esters is 1. The first kappa shape index (κ1) is 16.0. The van der Waals surface area contributed by atoms with E-state index < -0.39 is 11.8 Å². The van der Waals surface area contributed by atoms with E-state index in [-0.39, 0.29) is 24.3 Å². The van der Waals surface area contributed by atoms with E-state index in [2.05, 4.69) is 6.92 Å². The minimum atomic E-state index is -0.452. The van der Waals surface area contributed by atoms with Crippen LogP contribution in [-0.2, 0) is 17.8 Å². The summed E-state index contributed by atoms with van der Waals surface area (Å²) in [7, 11) is 0. The topological polar surface area (TPSA) is 35.5 Å². The Morgan fingerprint density at radius 3 is 2.45 bits per heavy atom. The van der Waals surface area contributed by atoms with Crippen LogP contribution in [0.2, 0.25) is 0 Å². The van der Waals surface area contributed by atoms with Gasteiger partial charge in [-0.05, 0) is 36.2 Å². The molecule has 0 aliphatic rings. The van der Waals surface area contributed by atoms with Crippen molar-refractivity contribution in [2.75, 3.05) is 0 Å². The number of carbonyl (C=O) groups excluding carboxylic acids is 1. The number of aryl methyl sites for hydroxylation is 1. The molecule has 0 spiro atoms. The van der Waals surface area contributed by atoms with E-state index in [0.29, 0.717) is 5.75 Å². The molecule has 2 aromatic carbocycles. The maximum absolute atomic E-state index is 14.0. The lowest BCUT2D eigenvalue weighted by Gasteiger charge is -2.12. The van der Waals surface area contributed by atoms with E-state index >= 15 is 0 Å². The molecule has 3 nitrogen and oxygen atoms in total. The number of hydrogen-bond donors (Lipinski definition) is 0. The standard InChI is InChI=1S/C18H19FO3/c1-3-13-8-10-14(11-9-13)21-12-15-16(19)6-5-7-17(15)22-18(20)4-2/h5-11H,3-4,12H2,1-2H3. The molecule has 0 radical (unpaired) electrons. The van der Waals surface area contributed by atoms with Gasteiger partial charge in [-0.25, -0.2) is 4.39 Å². The van der Waals surface area contributed by atoms with Crippen LogP contribution in [0.5, 0.6) is 11.5 Å². The summed E-state index contributed by atoms with van der Waals surface area (Å²) in [5.41, 5.74) is 1.44. The molecule has 22 heavy (non-hydrogen) atoms. The number of rotatable bonds is 6. The van der Waals surface area contributed by atoms with Gasteiger partial charge in [-0.1, -0.05) is 32.0 Å². The molecular weight excluding hydrogens is 283 g/mol. The zero-order chi connectivity index (χ0) is 15.9. The van der Waals surface area contributed by atoms with Gasteiger partial charge in [-0.3, -0.25) is 4.79 Å². The Bertz CT molecular complexity index is 635. The minimum absolute atomic E-state index is 0.00444. The molecular formula is C18H19FO3. The van der Waals surface area contributed by atoms with Crippen molar-refractivity contribution in [3.63, 3.8) is 0 Å². The molecule has 0 unspecified atom stereocenters. The largest absolute Gasteiger partial charge is 0.489 e. The van der Waals surface area contributed by atoms with Gasteiger partial charge in [0.05, 0.1) is 5.56 Å². The maximum atomic E-state index is 14.0. The average Bonchev–Trinajstić information content (AvgIpc) is 2.54. The van der Waals surface area contributed by atoms with Crippen LogP contribution in [0.25, 0.3) is 0 Å². The highest BCUT2D eigenvalue weighted by Crippen LogP contribution is 2.24. The van der Waals surface area contributed by atoms with Gasteiger partial charge < -0.3 is 9.47 Å². The molecule has 0 saturated carbocycles. The summed E-state index contributed by atoms with van der Waals surface area (Å²) >= 11 is 0. The monoisotopic (exact) mass is 302 g/mol. The predicted octanol–water partition coefficient (Wildman–Crippen LogP) is 4.28. The van der Waals surface area contributed by atoms with Gasteiger partial charge in [0.25, 0.3) is 0 Å². The van der Waals surface area contributed by atoms with Gasteiger partial charge in [0, 0.05) is 6.42 Å². The summed E-state index contributed by atoms with van der Waals surface area (Å²) in [4.78, 5) is 11.4. The van der Waals surface area contributed by atoms with Crippen LogP contribution in [-0.4, -0.2) is 5.97 Å². The number of halogens is 1. The second-order valence-electron chi connectivity index (χ2n) is 4.83. The van der Waals surface area contributed by atoms with Crippen molar-refractivity contribution < 1.29 is 18.7 Å². The Morgan fingerprint density at radius 1 is 1.09 bits per heavy atom. The molecule has 2 rings (SSSR count). The molecule has 0 heterocycles. The fourth-order valence-electron chi connectivity index (χ4n) is 1.95. The summed E-state index contributed by atoms with van der Waals surface area (Å²) in [5, 5.41) is 0. The summed E-state index contributed by atoms with van der Waals surface area (Å²) in [5.74, 6) is -0.00372. The van der Waals surface area contributed by atoms with Crippen molar-refractivity contribution in [3.8, 4) is 11.5 Å². The second kappa shape index (κ2) is 7.59. The third-order valence-corrected chi connectivity index (χ3v) is 3.30. The van der Waals surface area contributed by atoms with Crippen LogP contribution in [0.4, 0.5) is 4.39 Å². The molecule has 2 aromatic rings. The summed E-state index contributed by atoms with van der Waals surface area (Å²) in [6, 6.07) is 12.0. The highest BCUT2D eigenvalue weighted by Gasteiger charge is 2.13. The molecule has 0 atom stereocenters. The number of benzene rings is 2. The highest BCUT2D eigenvalue weighted by atomic mass is 19.1. The van der Waals surface area contributed by atoms with Crippen molar-refractivity contribution in [1.82, 2.24) is 0 Å². The van der Waals surface area contributed by atoms with Crippen molar-refractivity contribution in [2.45, 2.75) is 33.3 Å². The summed E-state index contributed by atoms with van der Waals surface area (Å²) in [6.07, 6.45) is 1.18. The summed E-state index contributed by atoms with van der Waals surface area (Å²) < 4.78 is 24.7. The molecule has 0 aliphatic carbocycles. The highest BCUT2D eigenvalue weighted by molar-refractivity contribution is 5.72. The molecule has 0 bridgehead atoms. The molecule has 0 aliphatic heterocycles. The van der Waals surface area contributed by atoms with Crippen molar-refractivity contribution in [3.05, 3.63) is 59.4 Å². The van der Waals surface area contributed by atoms with Gasteiger partial charge in [0.15, 0.2) is 0 Å². The van der Waals surface area contributed by atoms with Gasteiger partial charge in [-0.15, -0.1) is 0 Å². The lowest BCUT2D eigenvalue weighted by molar-refractivity contribution is -0.134. The van der Waals surface area contributed by atoms with Crippen LogP contribution >= 0.6 is 0 Å². The van der Waals surface area contributed by atoms with E-state index in [0.717, 1.165) is 6.42 Å². The smallest absolute Gasteiger partial charge is 0.310 e.